The smallest absolute Gasteiger partial charge is 0.225 e. The summed E-state index contributed by atoms with van der Waals surface area (Å²) in [5, 5.41) is 15.3. The normalized spacial score (nSPS) is 19.3. The number of hydrogen-bond acceptors (Lipinski definition) is 7. The van der Waals surface area contributed by atoms with Crippen molar-refractivity contribution >= 4 is 34.8 Å². The molecular formula is C27H35N7OS. The fraction of sp³-hybridized carbons (Fsp3) is 0.481. The van der Waals surface area contributed by atoms with Gasteiger partial charge in [-0.2, -0.15) is 4.98 Å². The highest BCUT2D eigenvalue weighted by atomic mass is 32.1. The Labute approximate surface area is 218 Å². The van der Waals surface area contributed by atoms with E-state index in [1.54, 1.807) is 0 Å². The summed E-state index contributed by atoms with van der Waals surface area (Å²) in [6.45, 7) is 1.89. The molecule has 2 heterocycles. The Bertz CT molecular complexity index is 1200. The van der Waals surface area contributed by atoms with E-state index >= 15 is 0 Å². The molecule has 3 N–H and O–H groups in total. The standard InChI is InChI=1S/C27H35N7OS/c1-17-23(24(33-35-17)18-9-5-4-6-10-18)31-27(36)29-20-15-13-19(14-16-20)28-26-30-22-12-8-7-11-21(22)25(32-26)34(2)3/h4-6,9-10,19-20H,7-8,11-16H2,1-3H3,(H,28,30,32)(H2,29,31,36). The van der Waals surface area contributed by atoms with Crippen LogP contribution in [-0.4, -0.2) is 46.4 Å². The van der Waals surface area contributed by atoms with Crippen LogP contribution in [0.25, 0.3) is 11.3 Å². The van der Waals surface area contributed by atoms with Gasteiger partial charge in [0.2, 0.25) is 5.95 Å². The van der Waals surface area contributed by atoms with Gasteiger partial charge in [-0.3, -0.25) is 0 Å². The fourth-order valence-electron chi connectivity index (χ4n) is 5.22. The molecule has 2 aliphatic rings. The second kappa shape index (κ2) is 10.8. The Morgan fingerprint density at radius 1 is 1.00 bits per heavy atom. The number of thiocarbonyl (C=S) groups is 1. The largest absolute Gasteiger partial charge is 0.362 e. The molecule has 2 aromatic heterocycles. The third kappa shape index (κ3) is 5.46. The minimum absolute atomic E-state index is 0.324. The Balaban J connectivity index is 1.16. The van der Waals surface area contributed by atoms with E-state index in [4.69, 9.17) is 26.7 Å². The number of benzene rings is 1. The zero-order valence-corrected chi connectivity index (χ0v) is 22.1. The molecule has 0 radical (unpaired) electrons. The van der Waals surface area contributed by atoms with Crippen LogP contribution in [0.3, 0.4) is 0 Å². The first-order valence-electron chi connectivity index (χ1n) is 12.9. The SMILES string of the molecule is Cc1onc(-c2ccccc2)c1NC(=S)NC1CCC(Nc2nc3c(c(N(C)C)n2)CCCC3)CC1. The van der Waals surface area contributed by atoms with Crippen molar-refractivity contribution in [2.75, 3.05) is 29.6 Å². The lowest BCUT2D eigenvalue weighted by Gasteiger charge is -2.31. The van der Waals surface area contributed by atoms with Crippen LogP contribution in [0.15, 0.2) is 34.9 Å². The molecule has 1 aromatic carbocycles. The molecule has 8 nitrogen and oxygen atoms in total. The van der Waals surface area contributed by atoms with Gasteiger partial charge in [0.05, 0.1) is 5.69 Å². The van der Waals surface area contributed by atoms with Crippen molar-refractivity contribution in [1.29, 1.82) is 0 Å². The molecular weight excluding hydrogens is 470 g/mol. The van der Waals surface area contributed by atoms with Gasteiger partial charge in [-0.25, -0.2) is 4.98 Å². The van der Waals surface area contributed by atoms with Crippen molar-refractivity contribution in [2.45, 2.75) is 70.4 Å². The molecule has 0 atom stereocenters. The van der Waals surface area contributed by atoms with Crippen molar-refractivity contribution in [3.8, 4) is 11.3 Å². The molecule has 36 heavy (non-hydrogen) atoms. The van der Waals surface area contributed by atoms with Crippen LogP contribution in [0.1, 0.15) is 55.5 Å². The molecule has 0 saturated heterocycles. The van der Waals surface area contributed by atoms with Gasteiger partial charge in [0, 0.05) is 37.3 Å². The first-order valence-corrected chi connectivity index (χ1v) is 13.3. The van der Waals surface area contributed by atoms with Crippen LogP contribution in [0.5, 0.6) is 0 Å². The lowest BCUT2D eigenvalue weighted by Crippen LogP contribution is -2.42. The molecule has 3 aromatic rings. The number of aromatic nitrogens is 3. The maximum atomic E-state index is 5.65. The Morgan fingerprint density at radius 3 is 2.47 bits per heavy atom. The van der Waals surface area contributed by atoms with E-state index in [1.807, 2.05) is 37.3 Å². The molecule has 5 rings (SSSR count). The number of anilines is 3. The third-order valence-electron chi connectivity index (χ3n) is 7.13. The molecule has 1 saturated carbocycles. The molecule has 190 valence electrons. The van der Waals surface area contributed by atoms with Gasteiger partial charge in [-0.1, -0.05) is 35.5 Å². The van der Waals surface area contributed by atoms with E-state index in [0.29, 0.717) is 23.0 Å². The van der Waals surface area contributed by atoms with Gasteiger partial charge in [0.15, 0.2) is 10.9 Å². The van der Waals surface area contributed by atoms with E-state index in [1.165, 1.54) is 24.1 Å². The number of nitrogens with zero attached hydrogens (tertiary/aromatic N) is 4. The van der Waals surface area contributed by atoms with Crippen molar-refractivity contribution in [3.05, 3.63) is 47.3 Å². The van der Waals surface area contributed by atoms with E-state index in [2.05, 4.69) is 40.1 Å². The second-order valence-electron chi connectivity index (χ2n) is 10.0. The zero-order chi connectivity index (χ0) is 25.1. The summed E-state index contributed by atoms with van der Waals surface area (Å²) in [6, 6.07) is 10.7. The summed E-state index contributed by atoms with van der Waals surface area (Å²) in [6.07, 6.45) is 8.70. The van der Waals surface area contributed by atoms with E-state index in [0.717, 1.165) is 67.2 Å². The van der Waals surface area contributed by atoms with Gasteiger partial charge in [-0.15, -0.1) is 0 Å². The van der Waals surface area contributed by atoms with Crippen molar-refractivity contribution in [2.24, 2.45) is 0 Å². The van der Waals surface area contributed by atoms with E-state index in [-0.39, 0.29) is 0 Å². The molecule has 0 spiro atoms. The van der Waals surface area contributed by atoms with Crippen molar-refractivity contribution < 1.29 is 4.52 Å². The first kappa shape index (κ1) is 24.5. The van der Waals surface area contributed by atoms with Crippen LogP contribution >= 0.6 is 12.2 Å². The maximum Gasteiger partial charge on any atom is 0.225 e. The number of fused-ring (bicyclic) bond motifs is 1. The highest BCUT2D eigenvalue weighted by Crippen LogP contribution is 2.31. The predicted molar refractivity (Wildman–Crippen MR) is 149 cm³/mol. The number of aryl methyl sites for hydroxylation is 2. The summed E-state index contributed by atoms with van der Waals surface area (Å²) >= 11 is 5.65. The van der Waals surface area contributed by atoms with Crippen molar-refractivity contribution in [3.63, 3.8) is 0 Å². The summed E-state index contributed by atoms with van der Waals surface area (Å²) in [4.78, 5) is 11.9. The molecule has 0 unspecified atom stereocenters. The summed E-state index contributed by atoms with van der Waals surface area (Å²) < 4.78 is 5.45. The zero-order valence-electron chi connectivity index (χ0n) is 21.3. The predicted octanol–water partition coefficient (Wildman–Crippen LogP) is 5.09. The van der Waals surface area contributed by atoms with Gasteiger partial charge < -0.3 is 25.4 Å². The molecule has 1 fully saturated rings. The first-order chi connectivity index (χ1) is 17.5. The maximum absolute atomic E-state index is 5.65. The van der Waals surface area contributed by atoms with E-state index in [9.17, 15) is 0 Å². The lowest BCUT2D eigenvalue weighted by molar-refractivity contribution is 0.387. The third-order valence-corrected chi connectivity index (χ3v) is 7.35. The van der Waals surface area contributed by atoms with Crippen LogP contribution < -0.4 is 20.9 Å². The minimum atomic E-state index is 0.324. The fourth-order valence-corrected chi connectivity index (χ4v) is 5.49. The van der Waals surface area contributed by atoms with E-state index < -0.39 is 0 Å². The van der Waals surface area contributed by atoms with Gasteiger partial charge in [-0.05, 0) is 70.5 Å². The Morgan fingerprint density at radius 2 is 1.72 bits per heavy atom. The Kier molecular flexibility index (Phi) is 7.36. The van der Waals surface area contributed by atoms with Crippen LogP contribution in [0, 0.1) is 6.92 Å². The monoisotopic (exact) mass is 505 g/mol. The number of hydrogen-bond donors (Lipinski definition) is 3. The topological polar surface area (TPSA) is 91.1 Å². The van der Waals surface area contributed by atoms with Crippen LogP contribution in [0.2, 0.25) is 0 Å². The molecule has 0 amide bonds. The average molecular weight is 506 g/mol. The minimum Gasteiger partial charge on any atom is -0.362 e. The Hall–Kier alpha value is -3.20. The highest BCUT2D eigenvalue weighted by Gasteiger charge is 2.25. The number of nitrogens with one attached hydrogen (secondary N) is 3. The van der Waals surface area contributed by atoms with Gasteiger partial charge in [0.1, 0.15) is 17.2 Å². The van der Waals surface area contributed by atoms with Gasteiger partial charge >= 0.3 is 0 Å². The molecule has 0 bridgehead atoms. The second-order valence-corrected chi connectivity index (χ2v) is 10.4. The summed E-state index contributed by atoms with van der Waals surface area (Å²) in [7, 11) is 4.14. The summed E-state index contributed by atoms with van der Waals surface area (Å²) in [5.74, 6) is 2.55. The quantitative estimate of drug-likeness (QED) is 0.396. The molecule has 2 aliphatic carbocycles. The van der Waals surface area contributed by atoms with Crippen molar-refractivity contribution in [1.82, 2.24) is 20.4 Å². The molecule has 0 aliphatic heterocycles. The number of rotatable bonds is 6. The lowest BCUT2D eigenvalue weighted by atomic mass is 9.91. The van der Waals surface area contributed by atoms with Crippen LogP contribution in [0.4, 0.5) is 17.5 Å². The average Bonchev–Trinajstić information content (AvgIpc) is 3.24. The molecule has 9 heteroatoms. The van der Waals surface area contributed by atoms with Gasteiger partial charge in [0.25, 0.3) is 0 Å². The highest BCUT2D eigenvalue weighted by molar-refractivity contribution is 7.80. The van der Waals surface area contributed by atoms with Crippen LogP contribution in [-0.2, 0) is 12.8 Å². The summed E-state index contributed by atoms with van der Waals surface area (Å²) in [5.41, 5.74) is 5.12.